The summed E-state index contributed by atoms with van der Waals surface area (Å²) in [5, 5.41) is 3.37. The summed E-state index contributed by atoms with van der Waals surface area (Å²) >= 11 is 3.23. The first-order valence-electron chi connectivity index (χ1n) is 6.19. The monoisotopic (exact) mass is 301 g/mol. The molecule has 96 valence electrons. The first-order chi connectivity index (χ1) is 8.04. The Labute approximate surface area is 112 Å². The molecular weight excluding hydrogens is 281 g/mol. The minimum absolute atomic E-state index is 0.192. The van der Waals surface area contributed by atoms with Crippen LogP contribution in [0, 0.1) is 17.7 Å². The fraction of sp³-hybridized carbons (Fsp3) is 0.571. The Morgan fingerprint density at radius 3 is 2.59 bits per heavy atom. The third kappa shape index (κ3) is 4.76. The summed E-state index contributed by atoms with van der Waals surface area (Å²) in [5.41, 5.74) is 1.19. The molecule has 0 heterocycles. The number of benzene rings is 1. The van der Waals surface area contributed by atoms with Crippen LogP contribution in [-0.4, -0.2) is 13.1 Å². The van der Waals surface area contributed by atoms with Crippen molar-refractivity contribution in [1.29, 1.82) is 0 Å². The maximum absolute atomic E-state index is 13.1. The first-order valence-corrected chi connectivity index (χ1v) is 6.98. The van der Waals surface area contributed by atoms with E-state index < -0.39 is 0 Å². The van der Waals surface area contributed by atoms with E-state index in [1.165, 1.54) is 11.6 Å². The van der Waals surface area contributed by atoms with Gasteiger partial charge in [-0.3, -0.25) is 0 Å². The van der Waals surface area contributed by atoms with Gasteiger partial charge in [-0.2, -0.15) is 0 Å². The smallest absolute Gasteiger partial charge is 0.137 e. The molecule has 3 heteroatoms. The molecule has 2 unspecified atom stereocenters. The molecule has 0 fully saturated rings. The molecule has 0 aliphatic carbocycles. The second kappa shape index (κ2) is 7.12. The Bertz CT molecular complexity index is 354. The molecule has 0 aromatic heterocycles. The predicted molar refractivity (Wildman–Crippen MR) is 74.7 cm³/mol. The van der Waals surface area contributed by atoms with Crippen molar-refractivity contribution in [1.82, 2.24) is 5.32 Å². The van der Waals surface area contributed by atoms with E-state index in [1.807, 2.05) is 12.1 Å². The summed E-state index contributed by atoms with van der Waals surface area (Å²) in [5.74, 6) is 1.02. The van der Waals surface area contributed by atoms with Crippen LogP contribution >= 0.6 is 15.9 Å². The quantitative estimate of drug-likeness (QED) is 0.837. The van der Waals surface area contributed by atoms with Gasteiger partial charge in [-0.25, -0.2) is 4.39 Å². The summed E-state index contributed by atoms with van der Waals surface area (Å²) in [4.78, 5) is 0. The topological polar surface area (TPSA) is 12.0 Å². The maximum atomic E-state index is 13.1. The number of halogens is 2. The van der Waals surface area contributed by atoms with Crippen molar-refractivity contribution in [2.45, 2.75) is 27.2 Å². The molecule has 0 aliphatic rings. The van der Waals surface area contributed by atoms with E-state index in [9.17, 15) is 4.39 Å². The highest BCUT2D eigenvalue weighted by Gasteiger charge is 2.13. The average Bonchev–Trinajstić information content (AvgIpc) is 2.30. The van der Waals surface area contributed by atoms with Gasteiger partial charge in [0.1, 0.15) is 5.82 Å². The Hall–Kier alpha value is -0.410. The molecule has 1 nitrogen and oxygen atoms in total. The summed E-state index contributed by atoms with van der Waals surface area (Å²) in [6, 6.07) is 5.28. The van der Waals surface area contributed by atoms with Crippen LogP contribution in [0.15, 0.2) is 22.7 Å². The van der Waals surface area contributed by atoms with Gasteiger partial charge in [-0.15, -0.1) is 0 Å². The normalized spacial score (nSPS) is 14.6. The zero-order valence-electron chi connectivity index (χ0n) is 10.8. The van der Waals surface area contributed by atoms with Crippen LogP contribution in [0.2, 0.25) is 0 Å². The molecule has 0 amide bonds. The molecule has 2 atom stereocenters. The summed E-state index contributed by atoms with van der Waals surface area (Å²) < 4.78 is 13.7. The third-order valence-corrected chi connectivity index (χ3v) is 3.84. The van der Waals surface area contributed by atoms with E-state index >= 15 is 0 Å². The highest BCUT2D eigenvalue weighted by Crippen LogP contribution is 2.21. The van der Waals surface area contributed by atoms with Gasteiger partial charge in [0, 0.05) is 0 Å². The van der Waals surface area contributed by atoms with Crippen LogP contribution in [0.5, 0.6) is 0 Å². The van der Waals surface area contributed by atoms with Crippen molar-refractivity contribution in [3.63, 3.8) is 0 Å². The molecule has 1 aromatic carbocycles. The molecule has 0 saturated carbocycles. The SMILES string of the molecule is CCNCC(C)C(C)Cc1ccc(F)c(Br)c1. The zero-order chi connectivity index (χ0) is 12.8. The third-order valence-electron chi connectivity index (χ3n) is 3.23. The van der Waals surface area contributed by atoms with Gasteiger partial charge in [-0.05, 0) is 65.0 Å². The van der Waals surface area contributed by atoms with E-state index in [-0.39, 0.29) is 5.82 Å². The molecule has 0 bridgehead atoms. The summed E-state index contributed by atoms with van der Waals surface area (Å²) in [6.07, 6.45) is 0.992. The Balaban J connectivity index is 2.55. The minimum atomic E-state index is -0.192. The highest BCUT2D eigenvalue weighted by molar-refractivity contribution is 9.10. The number of nitrogens with one attached hydrogen (secondary N) is 1. The van der Waals surface area contributed by atoms with Crippen molar-refractivity contribution >= 4 is 15.9 Å². The lowest BCUT2D eigenvalue weighted by molar-refractivity contribution is 0.368. The lowest BCUT2D eigenvalue weighted by Gasteiger charge is -2.20. The fourth-order valence-electron chi connectivity index (χ4n) is 1.81. The zero-order valence-corrected chi connectivity index (χ0v) is 12.3. The van der Waals surface area contributed by atoms with Crippen LogP contribution in [0.4, 0.5) is 4.39 Å². The van der Waals surface area contributed by atoms with Gasteiger partial charge in [0.05, 0.1) is 4.47 Å². The van der Waals surface area contributed by atoms with Crippen molar-refractivity contribution in [2.75, 3.05) is 13.1 Å². The Kier molecular flexibility index (Phi) is 6.14. The molecule has 0 saturated heterocycles. The van der Waals surface area contributed by atoms with Crippen molar-refractivity contribution in [2.24, 2.45) is 11.8 Å². The molecule has 0 aliphatic heterocycles. The van der Waals surface area contributed by atoms with E-state index in [4.69, 9.17) is 0 Å². The molecular formula is C14H21BrFN. The van der Waals surface area contributed by atoms with Gasteiger partial charge >= 0.3 is 0 Å². The second-order valence-electron chi connectivity index (χ2n) is 4.71. The average molecular weight is 302 g/mol. The largest absolute Gasteiger partial charge is 0.317 e. The first kappa shape index (κ1) is 14.7. The van der Waals surface area contributed by atoms with Gasteiger partial charge in [0.25, 0.3) is 0 Å². The Morgan fingerprint density at radius 1 is 1.29 bits per heavy atom. The number of hydrogen-bond acceptors (Lipinski definition) is 1. The van der Waals surface area contributed by atoms with Gasteiger partial charge < -0.3 is 5.32 Å². The van der Waals surface area contributed by atoms with Gasteiger partial charge in [0.15, 0.2) is 0 Å². The molecule has 1 N–H and O–H groups in total. The molecule has 1 aromatic rings. The standard InChI is InChI=1S/C14H21BrFN/c1-4-17-9-11(3)10(2)7-12-5-6-14(16)13(15)8-12/h5-6,8,10-11,17H,4,7,9H2,1-3H3. The van der Waals surface area contributed by atoms with Crippen LogP contribution in [-0.2, 0) is 6.42 Å². The molecule has 0 radical (unpaired) electrons. The van der Waals surface area contributed by atoms with Gasteiger partial charge in [-0.1, -0.05) is 26.8 Å². The maximum Gasteiger partial charge on any atom is 0.137 e. The highest BCUT2D eigenvalue weighted by atomic mass is 79.9. The molecule has 1 rings (SSSR count). The lowest BCUT2D eigenvalue weighted by atomic mass is 9.89. The molecule has 17 heavy (non-hydrogen) atoms. The van der Waals surface area contributed by atoms with Gasteiger partial charge in [0.2, 0.25) is 0 Å². The summed E-state index contributed by atoms with van der Waals surface area (Å²) in [6.45, 7) is 8.68. The lowest BCUT2D eigenvalue weighted by Crippen LogP contribution is -2.25. The van der Waals surface area contributed by atoms with Crippen LogP contribution in [0.25, 0.3) is 0 Å². The van der Waals surface area contributed by atoms with Crippen LogP contribution in [0.3, 0.4) is 0 Å². The van der Waals surface area contributed by atoms with E-state index in [0.717, 1.165) is 19.5 Å². The van der Waals surface area contributed by atoms with Crippen molar-refractivity contribution in [3.05, 3.63) is 34.1 Å². The fourth-order valence-corrected chi connectivity index (χ4v) is 2.24. The van der Waals surface area contributed by atoms with Crippen molar-refractivity contribution < 1.29 is 4.39 Å². The predicted octanol–water partition coefficient (Wildman–Crippen LogP) is 4.01. The number of hydrogen-bond donors (Lipinski definition) is 1. The number of rotatable bonds is 6. The molecule has 0 spiro atoms. The van der Waals surface area contributed by atoms with Crippen LogP contribution in [0.1, 0.15) is 26.3 Å². The van der Waals surface area contributed by atoms with E-state index in [2.05, 4.69) is 42.0 Å². The second-order valence-corrected chi connectivity index (χ2v) is 5.57. The summed E-state index contributed by atoms with van der Waals surface area (Å²) in [7, 11) is 0. The Morgan fingerprint density at radius 2 is 2.00 bits per heavy atom. The minimum Gasteiger partial charge on any atom is -0.317 e. The van der Waals surface area contributed by atoms with E-state index in [0.29, 0.717) is 16.3 Å². The van der Waals surface area contributed by atoms with Crippen molar-refractivity contribution in [3.8, 4) is 0 Å². The van der Waals surface area contributed by atoms with E-state index in [1.54, 1.807) is 0 Å². The van der Waals surface area contributed by atoms with Crippen LogP contribution < -0.4 is 5.32 Å².